The fourth-order valence-corrected chi connectivity index (χ4v) is 1.96. The molecule has 1 amide bonds. The van der Waals surface area contributed by atoms with Gasteiger partial charge in [-0.1, -0.05) is 71.3 Å². The van der Waals surface area contributed by atoms with Crippen LogP contribution in [0.25, 0.3) is 0 Å². The molecule has 3 heteroatoms. The lowest BCUT2D eigenvalue weighted by Gasteiger charge is -2.05. The monoisotopic (exact) mass is 269 g/mol. The van der Waals surface area contributed by atoms with Gasteiger partial charge in [0.05, 0.1) is 0 Å². The van der Waals surface area contributed by atoms with Crippen molar-refractivity contribution < 1.29 is 9.53 Å². The molecule has 112 valence electrons. The number of hydrogen-bond acceptors (Lipinski definition) is 2. The second-order valence-corrected chi connectivity index (χ2v) is 4.98. The summed E-state index contributed by atoms with van der Waals surface area (Å²) in [4.78, 5) is 10.8. The molecule has 0 atom stereocenters. The van der Waals surface area contributed by atoms with Gasteiger partial charge in [0.2, 0.25) is 5.91 Å². The number of unbranched alkanes of at least 4 members (excludes halogenated alkanes) is 9. The van der Waals surface area contributed by atoms with Crippen molar-refractivity contribution in [3.05, 3.63) is 12.7 Å². The zero-order chi connectivity index (χ0) is 14.2. The van der Waals surface area contributed by atoms with Gasteiger partial charge < -0.3 is 10.1 Å². The molecule has 0 fully saturated rings. The van der Waals surface area contributed by atoms with E-state index in [1.54, 1.807) is 0 Å². The van der Waals surface area contributed by atoms with Gasteiger partial charge >= 0.3 is 0 Å². The number of nitrogens with one attached hydrogen (secondary N) is 1. The molecular formula is C16H31NO2. The third-order valence-corrected chi connectivity index (χ3v) is 3.18. The first-order valence-corrected chi connectivity index (χ1v) is 7.79. The summed E-state index contributed by atoms with van der Waals surface area (Å²) in [7, 11) is 0. The lowest BCUT2D eigenvalue weighted by molar-refractivity contribution is -0.118. The molecule has 1 N–H and O–H groups in total. The van der Waals surface area contributed by atoms with Crippen molar-refractivity contribution in [1.82, 2.24) is 5.32 Å². The van der Waals surface area contributed by atoms with Crippen LogP contribution in [0.15, 0.2) is 12.7 Å². The summed E-state index contributed by atoms with van der Waals surface area (Å²) in [6, 6.07) is 0. The minimum Gasteiger partial charge on any atom is -0.361 e. The number of carbonyl (C=O) groups excluding carboxylic acids is 1. The van der Waals surface area contributed by atoms with Crippen molar-refractivity contribution in [2.24, 2.45) is 0 Å². The van der Waals surface area contributed by atoms with E-state index in [0.29, 0.717) is 6.73 Å². The van der Waals surface area contributed by atoms with Crippen molar-refractivity contribution in [3.63, 3.8) is 0 Å². The molecular weight excluding hydrogens is 238 g/mol. The van der Waals surface area contributed by atoms with E-state index in [4.69, 9.17) is 4.74 Å². The van der Waals surface area contributed by atoms with Gasteiger partial charge in [0.15, 0.2) is 0 Å². The van der Waals surface area contributed by atoms with Gasteiger partial charge in [0, 0.05) is 6.61 Å². The second kappa shape index (κ2) is 15.2. The Morgan fingerprint density at radius 2 is 1.53 bits per heavy atom. The molecule has 19 heavy (non-hydrogen) atoms. The van der Waals surface area contributed by atoms with Crippen LogP contribution in [-0.2, 0) is 9.53 Å². The minimum atomic E-state index is -0.178. The van der Waals surface area contributed by atoms with Crippen LogP contribution in [-0.4, -0.2) is 19.2 Å². The van der Waals surface area contributed by atoms with Gasteiger partial charge in [-0.25, -0.2) is 0 Å². The molecule has 0 rings (SSSR count). The predicted octanol–water partition coefficient (Wildman–Crippen LogP) is 4.18. The van der Waals surface area contributed by atoms with Gasteiger partial charge in [-0.15, -0.1) is 0 Å². The Bertz CT molecular complexity index is 217. The summed E-state index contributed by atoms with van der Waals surface area (Å²) in [5, 5.41) is 2.59. The van der Waals surface area contributed by atoms with E-state index in [-0.39, 0.29) is 5.91 Å². The number of amides is 1. The molecule has 0 aromatic heterocycles. The first kappa shape index (κ1) is 18.2. The summed E-state index contributed by atoms with van der Waals surface area (Å²) in [5.74, 6) is -0.178. The Kier molecular flexibility index (Phi) is 14.6. The lowest BCUT2D eigenvalue weighted by atomic mass is 10.1. The highest BCUT2D eigenvalue weighted by Crippen LogP contribution is 2.10. The minimum absolute atomic E-state index is 0.178. The summed E-state index contributed by atoms with van der Waals surface area (Å²) >= 11 is 0. The molecule has 0 aromatic carbocycles. The van der Waals surface area contributed by atoms with Gasteiger partial charge in [0.25, 0.3) is 0 Å². The maximum Gasteiger partial charge on any atom is 0.245 e. The predicted molar refractivity (Wildman–Crippen MR) is 81.0 cm³/mol. The van der Waals surface area contributed by atoms with Crippen LogP contribution in [0.5, 0.6) is 0 Å². The summed E-state index contributed by atoms with van der Waals surface area (Å²) in [6.07, 6.45) is 14.5. The fourth-order valence-electron chi connectivity index (χ4n) is 1.96. The zero-order valence-electron chi connectivity index (χ0n) is 12.6. The molecule has 0 aliphatic rings. The van der Waals surface area contributed by atoms with Crippen LogP contribution in [0.3, 0.4) is 0 Å². The maximum atomic E-state index is 10.8. The van der Waals surface area contributed by atoms with Crippen molar-refractivity contribution in [1.29, 1.82) is 0 Å². The fraction of sp³-hybridized carbons (Fsp3) is 0.812. The van der Waals surface area contributed by atoms with Crippen LogP contribution >= 0.6 is 0 Å². The molecule has 0 aromatic rings. The highest BCUT2D eigenvalue weighted by Gasteiger charge is 1.94. The Morgan fingerprint density at radius 1 is 1.00 bits per heavy atom. The number of rotatable bonds is 14. The largest absolute Gasteiger partial charge is 0.361 e. The van der Waals surface area contributed by atoms with Crippen LogP contribution in [0.4, 0.5) is 0 Å². The smallest absolute Gasteiger partial charge is 0.245 e. The molecule has 0 radical (unpaired) electrons. The molecule has 0 bridgehead atoms. The van der Waals surface area contributed by atoms with E-state index in [1.165, 1.54) is 63.9 Å². The molecule has 0 saturated carbocycles. The highest BCUT2D eigenvalue weighted by atomic mass is 16.5. The van der Waals surface area contributed by atoms with Crippen molar-refractivity contribution in [2.45, 2.75) is 71.1 Å². The summed E-state index contributed by atoms with van der Waals surface area (Å²) in [6.45, 7) is 6.65. The van der Waals surface area contributed by atoms with Gasteiger partial charge in [-0.05, 0) is 12.5 Å². The summed E-state index contributed by atoms with van der Waals surface area (Å²) in [5.41, 5.74) is 0. The normalized spacial score (nSPS) is 10.4. The Labute approximate surface area is 118 Å². The molecule has 0 saturated heterocycles. The third-order valence-electron chi connectivity index (χ3n) is 3.18. The van der Waals surface area contributed by atoms with Crippen LogP contribution in [0, 0.1) is 0 Å². The van der Waals surface area contributed by atoms with Crippen molar-refractivity contribution >= 4 is 5.91 Å². The highest BCUT2D eigenvalue weighted by molar-refractivity contribution is 5.86. The van der Waals surface area contributed by atoms with Crippen LogP contribution < -0.4 is 5.32 Å². The van der Waals surface area contributed by atoms with Gasteiger partial charge in [-0.2, -0.15) is 0 Å². The quantitative estimate of drug-likeness (QED) is 0.292. The van der Waals surface area contributed by atoms with E-state index >= 15 is 0 Å². The SMILES string of the molecule is C=CC(=O)NCOCCCCCCCCCCCC. The number of carbonyl (C=O) groups is 1. The van der Waals surface area contributed by atoms with E-state index in [1.807, 2.05) is 0 Å². The van der Waals surface area contributed by atoms with Crippen molar-refractivity contribution in [2.75, 3.05) is 13.3 Å². The molecule has 3 nitrogen and oxygen atoms in total. The Hall–Kier alpha value is -0.830. The zero-order valence-corrected chi connectivity index (χ0v) is 12.6. The number of ether oxygens (including phenoxy) is 1. The average Bonchev–Trinajstić information content (AvgIpc) is 2.43. The third kappa shape index (κ3) is 15.1. The number of hydrogen-bond donors (Lipinski definition) is 1. The van der Waals surface area contributed by atoms with Crippen LogP contribution in [0.2, 0.25) is 0 Å². The van der Waals surface area contributed by atoms with E-state index in [0.717, 1.165) is 13.0 Å². The van der Waals surface area contributed by atoms with Gasteiger partial charge in [0.1, 0.15) is 6.73 Å². The van der Waals surface area contributed by atoms with E-state index < -0.39 is 0 Å². The molecule has 0 aliphatic heterocycles. The Balaban J connectivity index is 2.99. The van der Waals surface area contributed by atoms with Gasteiger partial charge in [-0.3, -0.25) is 4.79 Å². The summed E-state index contributed by atoms with van der Waals surface area (Å²) < 4.78 is 5.30. The first-order valence-electron chi connectivity index (χ1n) is 7.79. The van der Waals surface area contributed by atoms with E-state index in [2.05, 4.69) is 18.8 Å². The molecule has 0 aliphatic carbocycles. The second-order valence-electron chi connectivity index (χ2n) is 4.98. The topological polar surface area (TPSA) is 38.3 Å². The maximum absolute atomic E-state index is 10.8. The average molecular weight is 269 g/mol. The van der Waals surface area contributed by atoms with Crippen LogP contribution in [0.1, 0.15) is 71.1 Å². The lowest BCUT2D eigenvalue weighted by Crippen LogP contribution is -2.24. The van der Waals surface area contributed by atoms with E-state index in [9.17, 15) is 4.79 Å². The molecule has 0 unspecified atom stereocenters. The molecule has 0 spiro atoms. The van der Waals surface area contributed by atoms with Crippen molar-refractivity contribution in [3.8, 4) is 0 Å². The standard InChI is InChI=1S/C16H31NO2/c1-3-5-6-7-8-9-10-11-12-13-14-19-15-17-16(18)4-2/h4H,2-3,5-15H2,1H3,(H,17,18). The Morgan fingerprint density at radius 3 is 2.05 bits per heavy atom. The first-order chi connectivity index (χ1) is 9.31. The molecule has 0 heterocycles.